The number of nitriles is 2. The number of nitrogens with zero attached hydrogens (tertiary/aromatic N) is 5. The van der Waals surface area contributed by atoms with Gasteiger partial charge in [0.1, 0.15) is 13.1 Å². The fourth-order valence-electron chi connectivity index (χ4n) is 1.61. The van der Waals surface area contributed by atoms with E-state index in [2.05, 4.69) is 9.97 Å². The Morgan fingerprint density at radius 3 is 2.17 bits per heavy atom. The van der Waals surface area contributed by atoms with Crippen LogP contribution in [0.5, 0.6) is 0 Å². The molecule has 0 saturated carbocycles. The summed E-state index contributed by atoms with van der Waals surface area (Å²) in [6.07, 6.45) is 0. The molecule has 1 heterocycles. The Balaban J connectivity index is 2.52. The summed E-state index contributed by atoms with van der Waals surface area (Å²) in [5.74, 6) is 0.594. The summed E-state index contributed by atoms with van der Waals surface area (Å²) in [7, 11) is 0. The summed E-state index contributed by atoms with van der Waals surface area (Å²) in [5.41, 5.74) is 7.18. The molecule has 1 aromatic heterocycles. The Kier molecular flexibility index (Phi) is 3.22. The van der Waals surface area contributed by atoms with Crippen molar-refractivity contribution in [1.29, 1.82) is 10.5 Å². The topological polar surface area (TPSA) is 103 Å². The normalized spacial score (nSPS) is 9.67. The number of hydrogen-bond acceptors (Lipinski definition) is 6. The zero-order valence-corrected chi connectivity index (χ0v) is 9.54. The molecule has 0 spiro atoms. The third-order valence-corrected chi connectivity index (χ3v) is 2.40. The lowest BCUT2D eigenvalue weighted by Gasteiger charge is -2.18. The molecule has 0 radical (unpaired) electrons. The zero-order valence-electron chi connectivity index (χ0n) is 9.54. The van der Waals surface area contributed by atoms with E-state index >= 15 is 0 Å². The highest BCUT2D eigenvalue weighted by atomic mass is 15.2. The monoisotopic (exact) mass is 238 g/mol. The number of nitrogen functional groups attached to an aromatic ring is 1. The van der Waals surface area contributed by atoms with Gasteiger partial charge in [0.25, 0.3) is 0 Å². The SMILES string of the molecule is N#CCN(CC#N)c1nc2ccccc2nc1N. The number of fused-ring (bicyclic) bond motifs is 1. The maximum Gasteiger partial charge on any atom is 0.173 e. The number of aromatic nitrogens is 2. The molecule has 0 aliphatic rings. The van der Waals surface area contributed by atoms with Crippen LogP contribution in [-0.4, -0.2) is 23.1 Å². The first kappa shape index (κ1) is 11.6. The largest absolute Gasteiger partial charge is 0.381 e. The predicted octanol–water partition coefficient (Wildman–Crippen LogP) is 1.07. The van der Waals surface area contributed by atoms with Gasteiger partial charge in [0.2, 0.25) is 0 Å². The molecule has 6 heteroatoms. The molecule has 0 amide bonds. The lowest BCUT2D eigenvalue weighted by molar-refractivity contribution is 0.938. The first-order valence-electron chi connectivity index (χ1n) is 5.27. The molecule has 2 N–H and O–H groups in total. The lowest BCUT2D eigenvalue weighted by atomic mass is 10.3. The first-order valence-corrected chi connectivity index (χ1v) is 5.27. The van der Waals surface area contributed by atoms with Crippen LogP contribution >= 0.6 is 0 Å². The number of rotatable bonds is 3. The molecule has 0 atom stereocenters. The maximum absolute atomic E-state index is 8.74. The highest BCUT2D eigenvalue weighted by Gasteiger charge is 2.13. The Bertz CT molecular complexity index is 636. The van der Waals surface area contributed by atoms with E-state index < -0.39 is 0 Å². The van der Waals surface area contributed by atoms with E-state index in [-0.39, 0.29) is 18.9 Å². The third-order valence-electron chi connectivity index (χ3n) is 2.40. The van der Waals surface area contributed by atoms with E-state index in [9.17, 15) is 0 Å². The average Bonchev–Trinajstić information content (AvgIpc) is 2.38. The smallest absolute Gasteiger partial charge is 0.173 e. The summed E-state index contributed by atoms with van der Waals surface area (Å²) in [6, 6.07) is 11.3. The minimum absolute atomic E-state index is 0.0464. The molecule has 0 fully saturated rings. The molecule has 6 nitrogen and oxygen atoms in total. The van der Waals surface area contributed by atoms with Crippen molar-refractivity contribution in [2.45, 2.75) is 0 Å². The van der Waals surface area contributed by atoms with Crippen LogP contribution in [0.25, 0.3) is 11.0 Å². The molecular formula is C12H10N6. The van der Waals surface area contributed by atoms with Gasteiger partial charge in [0.15, 0.2) is 11.6 Å². The lowest BCUT2D eigenvalue weighted by Crippen LogP contribution is -2.26. The van der Waals surface area contributed by atoms with E-state index in [4.69, 9.17) is 16.3 Å². The second kappa shape index (κ2) is 4.98. The minimum Gasteiger partial charge on any atom is -0.381 e. The molecule has 0 aliphatic carbocycles. The molecule has 0 unspecified atom stereocenters. The number of para-hydroxylation sites is 2. The van der Waals surface area contributed by atoms with Gasteiger partial charge in [-0.1, -0.05) is 12.1 Å². The second-order valence-corrected chi connectivity index (χ2v) is 3.59. The summed E-state index contributed by atoms with van der Waals surface area (Å²) in [4.78, 5) is 10.1. The van der Waals surface area contributed by atoms with Gasteiger partial charge >= 0.3 is 0 Å². The molecule has 2 rings (SSSR count). The number of anilines is 2. The molecule has 1 aromatic carbocycles. The van der Waals surface area contributed by atoms with Crippen molar-refractivity contribution < 1.29 is 0 Å². The highest BCUT2D eigenvalue weighted by molar-refractivity contribution is 5.79. The van der Waals surface area contributed by atoms with Gasteiger partial charge in [-0.15, -0.1) is 0 Å². The van der Waals surface area contributed by atoms with Gasteiger partial charge < -0.3 is 10.6 Å². The van der Waals surface area contributed by atoms with Crippen LogP contribution < -0.4 is 10.6 Å². The molecule has 0 aliphatic heterocycles. The predicted molar refractivity (Wildman–Crippen MR) is 67.4 cm³/mol. The van der Waals surface area contributed by atoms with Gasteiger partial charge in [0.05, 0.1) is 23.2 Å². The maximum atomic E-state index is 8.74. The Hall–Kier alpha value is -2.86. The number of hydrogen-bond donors (Lipinski definition) is 1. The quantitative estimate of drug-likeness (QED) is 0.802. The Morgan fingerprint density at radius 2 is 1.61 bits per heavy atom. The van der Waals surface area contributed by atoms with Crippen LogP contribution in [0.4, 0.5) is 11.6 Å². The van der Waals surface area contributed by atoms with Gasteiger partial charge in [-0.3, -0.25) is 0 Å². The standard InChI is InChI=1S/C12H10N6/c13-5-7-18(8-6-14)12-11(15)16-9-3-1-2-4-10(9)17-12/h1-4H,7-8H2,(H2,15,16). The Morgan fingerprint density at radius 1 is 1.06 bits per heavy atom. The zero-order chi connectivity index (χ0) is 13.0. The molecule has 2 aromatic rings. The van der Waals surface area contributed by atoms with Crippen LogP contribution in [0, 0.1) is 22.7 Å². The van der Waals surface area contributed by atoms with Crippen molar-refractivity contribution in [3.05, 3.63) is 24.3 Å². The van der Waals surface area contributed by atoms with E-state index in [1.165, 1.54) is 4.90 Å². The average molecular weight is 238 g/mol. The second-order valence-electron chi connectivity index (χ2n) is 3.59. The van der Waals surface area contributed by atoms with E-state index in [1.807, 2.05) is 30.3 Å². The van der Waals surface area contributed by atoms with Crippen LogP contribution in [0.3, 0.4) is 0 Å². The van der Waals surface area contributed by atoms with Gasteiger partial charge in [-0.05, 0) is 12.1 Å². The van der Waals surface area contributed by atoms with Crippen LogP contribution in [0.2, 0.25) is 0 Å². The van der Waals surface area contributed by atoms with Crippen molar-refractivity contribution in [3.8, 4) is 12.1 Å². The fraction of sp³-hybridized carbons (Fsp3) is 0.167. The van der Waals surface area contributed by atoms with E-state index in [1.54, 1.807) is 6.07 Å². The van der Waals surface area contributed by atoms with Gasteiger partial charge in [0, 0.05) is 0 Å². The number of nitrogens with two attached hydrogens (primary N) is 1. The van der Waals surface area contributed by atoms with Crippen molar-refractivity contribution in [2.75, 3.05) is 23.7 Å². The van der Waals surface area contributed by atoms with Gasteiger partial charge in [-0.2, -0.15) is 10.5 Å². The van der Waals surface area contributed by atoms with Crippen LogP contribution in [0.15, 0.2) is 24.3 Å². The van der Waals surface area contributed by atoms with Crippen LogP contribution in [0.1, 0.15) is 0 Å². The Labute approximate surface area is 104 Å². The third kappa shape index (κ3) is 2.13. The summed E-state index contributed by atoms with van der Waals surface area (Å²) in [6.45, 7) is 0.0928. The molecular weight excluding hydrogens is 228 g/mol. The highest BCUT2D eigenvalue weighted by Crippen LogP contribution is 2.21. The molecule has 0 saturated heterocycles. The summed E-state index contributed by atoms with van der Waals surface area (Å²) < 4.78 is 0. The molecule has 18 heavy (non-hydrogen) atoms. The van der Waals surface area contributed by atoms with Crippen molar-refractivity contribution in [1.82, 2.24) is 9.97 Å². The molecule has 88 valence electrons. The van der Waals surface area contributed by atoms with Crippen molar-refractivity contribution in [3.63, 3.8) is 0 Å². The van der Waals surface area contributed by atoms with Gasteiger partial charge in [-0.25, -0.2) is 9.97 Å². The van der Waals surface area contributed by atoms with Crippen molar-refractivity contribution >= 4 is 22.7 Å². The minimum atomic E-state index is 0.0464. The fourth-order valence-corrected chi connectivity index (χ4v) is 1.61. The van der Waals surface area contributed by atoms with Crippen LogP contribution in [-0.2, 0) is 0 Å². The van der Waals surface area contributed by atoms with E-state index in [0.717, 1.165) is 0 Å². The summed E-state index contributed by atoms with van der Waals surface area (Å²) >= 11 is 0. The van der Waals surface area contributed by atoms with Crippen molar-refractivity contribution in [2.24, 2.45) is 0 Å². The first-order chi connectivity index (χ1) is 8.76. The van der Waals surface area contributed by atoms with E-state index in [0.29, 0.717) is 16.9 Å². The summed E-state index contributed by atoms with van der Waals surface area (Å²) in [5, 5.41) is 17.5. The number of benzene rings is 1. The molecule has 0 bridgehead atoms.